The van der Waals surface area contributed by atoms with Crippen LogP contribution < -0.4 is 10.1 Å². The third-order valence-corrected chi connectivity index (χ3v) is 4.04. The molecule has 122 valence electrons. The van der Waals surface area contributed by atoms with E-state index < -0.39 is 6.10 Å². The molecule has 0 fully saturated rings. The fourth-order valence-electron chi connectivity index (χ4n) is 2.07. The summed E-state index contributed by atoms with van der Waals surface area (Å²) in [6.07, 6.45) is -0.570. The molecule has 0 radical (unpaired) electrons. The second-order valence-electron chi connectivity index (χ2n) is 6.53. The summed E-state index contributed by atoms with van der Waals surface area (Å²) < 4.78 is 6.69. The van der Waals surface area contributed by atoms with Crippen LogP contribution in [0.4, 0.5) is 5.69 Å². The van der Waals surface area contributed by atoms with E-state index in [2.05, 4.69) is 42.0 Å². The first-order valence-corrected chi connectivity index (χ1v) is 8.38. The average Bonchev–Trinajstić information content (AvgIpc) is 2.49. The van der Waals surface area contributed by atoms with Gasteiger partial charge in [0.05, 0.1) is 0 Å². The van der Waals surface area contributed by atoms with E-state index in [1.54, 1.807) is 6.92 Å². The van der Waals surface area contributed by atoms with Gasteiger partial charge >= 0.3 is 0 Å². The Balaban J connectivity index is 1.96. The van der Waals surface area contributed by atoms with E-state index in [1.165, 1.54) is 5.56 Å². The van der Waals surface area contributed by atoms with Crippen LogP contribution in [0.3, 0.4) is 0 Å². The van der Waals surface area contributed by atoms with E-state index in [0.29, 0.717) is 5.75 Å². The second-order valence-corrected chi connectivity index (χ2v) is 7.45. The summed E-state index contributed by atoms with van der Waals surface area (Å²) in [5.41, 5.74) is 2.08. The van der Waals surface area contributed by atoms with Gasteiger partial charge in [-0.05, 0) is 54.3 Å². The average molecular weight is 376 g/mol. The Hall–Kier alpha value is -1.81. The molecule has 0 aromatic heterocycles. The topological polar surface area (TPSA) is 38.3 Å². The molecule has 3 nitrogen and oxygen atoms in total. The monoisotopic (exact) mass is 375 g/mol. The minimum absolute atomic E-state index is 0.100. The molecule has 0 bridgehead atoms. The van der Waals surface area contributed by atoms with E-state index in [0.717, 1.165) is 10.2 Å². The molecule has 0 saturated carbocycles. The minimum Gasteiger partial charge on any atom is -0.481 e. The number of anilines is 1. The molecule has 0 aliphatic carbocycles. The predicted molar refractivity (Wildman–Crippen MR) is 98.0 cm³/mol. The van der Waals surface area contributed by atoms with Gasteiger partial charge in [-0.1, -0.05) is 48.8 Å². The molecule has 2 aromatic rings. The van der Waals surface area contributed by atoms with Crippen molar-refractivity contribution >= 4 is 27.5 Å². The molecule has 0 saturated heterocycles. The molecule has 23 heavy (non-hydrogen) atoms. The van der Waals surface area contributed by atoms with Crippen molar-refractivity contribution in [2.75, 3.05) is 5.32 Å². The molecule has 0 aliphatic rings. The lowest BCUT2D eigenvalue weighted by atomic mass is 9.87. The number of rotatable bonds is 4. The molecule has 1 atom stereocenters. The zero-order valence-corrected chi connectivity index (χ0v) is 15.5. The number of carbonyl (C=O) groups is 1. The maximum Gasteiger partial charge on any atom is 0.265 e. The molecule has 0 spiro atoms. The molecular formula is C19H22BrNO2. The number of amides is 1. The van der Waals surface area contributed by atoms with E-state index in [-0.39, 0.29) is 11.3 Å². The molecule has 1 amide bonds. The van der Waals surface area contributed by atoms with Gasteiger partial charge in [0.25, 0.3) is 5.91 Å². The van der Waals surface area contributed by atoms with E-state index in [4.69, 9.17) is 4.74 Å². The first kappa shape index (κ1) is 17.5. The van der Waals surface area contributed by atoms with Crippen LogP contribution >= 0.6 is 15.9 Å². The van der Waals surface area contributed by atoms with Gasteiger partial charge in [-0.2, -0.15) is 0 Å². The Morgan fingerprint density at radius 2 is 1.61 bits per heavy atom. The minimum atomic E-state index is -0.570. The SMILES string of the molecule is C[C@@H](Oc1ccc(C(C)(C)C)cc1)C(=O)Nc1ccc(Br)cc1. The van der Waals surface area contributed by atoms with Gasteiger partial charge in [0.1, 0.15) is 5.75 Å². The van der Waals surface area contributed by atoms with Crippen molar-refractivity contribution in [2.45, 2.75) is 39.2 Å². The number of hydrogen-bond donors (Lipinski definition) is 1. The lowest BCUT2D eigenvalue weighted by molar-refractivity contribution is -0.122. The summed E-state index contributed by atoms with van der Waals surface area (Å²) in [7, 11) is 0. The van der Waals surface area contributed by atoms with Crippen molar-refractivity contribution in [1.29, 1.82) is 0 Å². The quantitative estimate of drug-likeness (QED) is 0.801. The number of nitrogens with one attached hydrogen (secondary N) is 1. The third kappa shape index (κ3) is 5.10. The first-order valence-electron chi connectivity index (χ1n) is 7.59. The van der Waals surface area contributed by atoms with Crippen LogP contribution in [0.25, 0.3) is 0 Å². The van der Waals surface area contributed by atoms with Crippen molar-refractivity contribution in [1.82, 2.24) is 0 Å². The van der Waals surface area contributed by atoms with Crippen molar-refractivity contribution in [3.63, 3.8) is 0 Å². The first-order chi connectivity index (χ1) is 10.8. The summed E-state index contributed by atoms with van der Waals surface area (Å²) in [4.78, 5) is 12.2. The standard InChI is InChI=1S/C19H22BrNO2/c1-13(18(22)21-16-9-7-15(20)8-10-16)23-17-11-5-14(6-12-17)19(2,3)4/h5-13H,1-4H3,(H,21,22)/t13-/m1/s1. The lowest BCUT2D eigenvalue weighted by Crippen LogP contribution is -2.30. The highest BCUT2D eigenvalue weighted by molar-refractivity contribution is 9.10. The zero-order valence-electron chi connectivity index (χ0n) is 13.9. The number of ether oxygens (including phenoxy) is 1. The second kappa shape index (κ2) is 7.18. The number of carbonyl (C=O) groups excluding carboxylic acids is 1. The molecule has 4 heteroatoms. The summed E-state index contributed by atoms with van der Waals surface area (Å²) in [6.45, 7) is 8.23. The van der Waals surface area contributed by atoms with Gasteiger partial charge in [0, 0.05) is 10.2 Å². The molecule has 0 heterocycles. The fourth-order valence-corrected chi connectivity index (χ4v) is 2.33. The fraction of sp³-hybridized carbons (Fsp3) is 0.316. The Morgan fingerprint density at radius 3 is 2.13 bits per heavy atom. The number of halogens is 1. The third-order valence-electron chi connectivity index (χ3n) is 3.51. The smallest absolute Gasteiger partial charge is 0.265 e. The van der Waals surface area contributed by atoms with Crippen molar-refractivity contribution in [3.8, 4) is 5.75 Å². The van der Waals surface area contributed by atoms with Crippen LogP contribution in [0.5, 0.6) is 5.75 Å². The van der Waals surface area contributed by atoms with Gasteiger partial charge in [0.15, 0.2) is 6.10 Å². The molecule has 1 N–H and O–H groups in total. The summed E-state index contributed by atoms with van der Waals surface area (Å²) in [5, 5.41) is 2.84. The number of hydrogen-bond acceptors (Lipinski definition) is 2. The van der Waals surface area contributed by atoms with Crippen LogP contribution in [0.15, 0.2) is 53.0 Å². The summed E-state index contributed by atoms with van der Waals surface area (Å²) >= 11 is 3.37. The lowest BCUT2D eigenvalue weighted by Gasteiger charge is -2.20. The molecule has 2 aromatic carbocycles. The van der Waals surface area contributed by atoms with Gasteiger partial charge in [-0.3, -0.25) is 4.79 Å². The van der Waals surface area contributed by atoms with Gasteiger partial charge < -0.3 is 10.1 Å². The van der Waals surface area contributed by atoms with Crippen molar-refractivity contribution < 1.29 is 9.53 Å². The van der Waals surface area contributed by atoms with Gasteiger partial charge in [0.2, 0.25) is 0 Å². The Labute approximate surface area is 146 Å². The Kier molecular flexibility index (Phi) is 5.47. The summed E-state index contributed by atoms with van der Waals surface area (Å²) in [5.74, 6) is 0.517. The zero-order chi connectivity index (χ0) is 17.0. The molecule has 0 unspecified atom stereocenters. The molecule has 2 rings (SSSR count). The number of benzene rings is 2. The highest BCUT2D eigenvalue weighted by Gasteiger charge is 2.16. The van der Waals surface area contributed by atoms with Crippen LogP contribution in [0.1, 0.15) is 33.3 Å². The predicted octanol–water partition coefficient (Wildman–Crippen LogP) is 5.15. The Bertz CT molecular complexity index is 657. The Morgan fingerprint density at radius 1 is 1.04 bits per heavy atom. The highest BCUT2D eigenvalue weighted by Crippen LogP contribution is 2.24. The molecule has 0 aliphatic heterocycles. The van der Waals surface area contributed by atoms with Gasteiger partial charge in [-0.15, -0.1) is 0 Å². The van der Waals surface area contributed by atoms with Crippen LogP contribution in [0.2, 0.25) is 0 Å². The van der Waals surface area contributed by atoms with Gasteiger partial charge in [-0.25, -0.2) is 0 Å². The van der Waals surface area contributed by atoms with Crippen LogP contribution in [0, 0.1) is 0 Å². The van der Waals surface area contributed by atoms with E-state index in [1.807, 2.05) is 48.5 Å². The largest absolute Gasteiger partial charge is 0.481 e. The van der Waals surface area contributed by atoms with Crippen LogP contribution in [-0.2, 0) is 10.2 Å². The normalized spacial score (nSPS) is 12.6. The van der Waals surface area contributed by atoms with Crippen LogP contribution in [-0.4, -0.2) is 12.0 Å². The maximum atomic E-state index is 12.2. The van der Waals surface area contributed by atoms with E-state index >= 15 is 0 Å². The van der Waals surface area contributed by atoms with Crippen molar-refractivity contribution in [3.05, 3.63) is 58.6 Å². The molecular weight excluding hydrogens is 354 g/mol. The van der Waals surface area contributed by atoms with Crippen molar-refractivity contribution in [2.24, 2.45) is 0 Å². The maximum absolute atomic E-state index is 12.2. The van der Waals surface area contributed by atoms with E-state index in [9.17, 15) is 4.79 Å². The summed E-state index contributed by atoms with van der Waals surface area (Å²) in [6, 6.07) is 15.3. The highest BCUT2D eigenvalue weighted by atomic mass is 79.9.